The molecule has 92 valence electrons. The number of nitrogens with one attached hydrogen (secondary N) is 1. The van der Waals surface area contributed by atoms with Gasteiger partial charge in [0.2, 0.25) is 0 Å². The molecule has 3 heteroatoms. The minimum absolute atomic E-state index is 0.463. The van der Waals surface area contributed by atoms with E-state index in [0.29, 0.717) is 11.4 Å². The van der Waals surface area contributed by atoms with Crippen LogP contribution in [0.2, 0.25) is 0 Å². The highest BCUT2D eigenvalue weighted by Gasteiger charge is 2.35. The Morgan fingerprint density at radius 2 is 2.19 bits per heavy atom. The van der Waals surface area contributed by atoms with E-state index in [1.165, 1.54) is 32.1 Å². The summed E-state index contributed by atoms with van der Waals surface area (Å²) in [6.07, 6.45) is 6.52. The summed E-state index contributed by atoms with van der Waals surface area (Å²) in [7, 11) is 0. The number of aliphatic imine (C=N–C) groups is 1. The van der Waals surface area contributed by atoms with Crippen LogP contribution in [0.3, 0.4) is 0 Å². The predicted molar refractivity (Wildman–Crippen MR) is 70.5 cm³/mol. The van der Waals surface area contributed by atoms with Gasteiger partial charge in [0.15, 0.2) is 5.96 Å². The monoisotopic (exact) mass is 223 g/mol. The van der Waals surface area contributed by atoms with Gasteiger partial charge >= 0.3 is 0 Å². The normalized spacial score (nSPS) is 19.0. The SMILES string of the molecule is C=C(C)CNC(N)=NCC1(CCC)CCC1. The summed E-state index contributed by atoms with van der Waals surface area (Å²) in [6.45, 7) is 9.64. The Morgan fingerprint density at radius 1 is 1.50 bits per heavy atom. The highest BCUT2D eigenvalue weighted by Crippen LogP contribution is 2.44. The lowest BCUT2D eigenvalue weighted by molar-refractivity contribution is 0.130. The van der Waals surface area contributed by atoms with Crippen LogP contribution in [0.15, 0.2) is 17.1 Å². The molecule has 0 aromatic heterocycles. The van der Waals surface area contributed by atoms with Gasteiger partial charge in [0.05, 0.1) is 0 Å². The van der Waals surface area contributed by atoms with E-state index in [0.717, 1.165) is 18.7 Å². The summed E-state index contributed by atoms with van der Waals surface area (Å²) in [6, 6.07) is 0. The number of nitrogens with zero attached hydrogens (tertiary/aromatic N) is 1. The Morgan fingerprint density at radius 3 is 2.62 bits per heavy atom. The van der Waals surface area contributed by atoms with Gasteiger partial charge in [0.1, 0.15) is 0 Å². The van der Waals surface area contributed by atoms with E-state index in [4.69, 9.17) is 5.73 Å². The number of rotatable bonds is 6. The van der Waals surface area contributed by atoms with E-state index in [1.54, 1.807) is 0 Å². The Labute approximate surface area is 99.2 Å². The molecule has 0 radical (unpaired) electrons. The zero-order valence-corrected chi connectivity index (χ0v) is 10.7. The maximum atomic E-state index is 5.80. The predicted octanol–water partition coefficient (Wildman–Crippen LogP) is 2.44. The zero-order chi connectivity index (χ0) is 12.0. The molecule has 0 aromatic carbocycles. The van der Waals surface area contributed by atoms with Gasteiger partial charge in [-0.15, -0.1) is 0 Å². The highest BCUT2D eigenvalue weighted by molar-refractivity contribution is 5.78. The fraction of sp³-hybridized carbons (Fsp3) is 0.769. The number of hydrogen-bond donors (Lipinski definition) is 2. The van der Waals surface area contributed by atoms with Crippen LogP contribution < -0.4 is 11.1 Å². The molecule has 3 nitrogen and oxygen atoms in total. The van der Waals surface area contributed by atoms with Crippen molar-refractivity contribution in [2.24, 2.45) is 16.1 Å². The van der Waals surface area contributed by atoms with E-state index < -0.39 is 0 Å². The van der Waals surface area contributed by atoms with Crippen LogP contribution in [-0.2, 0) is 0 Å². The number of nitrogens with two attached hydrogens (primary N) is 1. The Balaban J connectivity index is 2.35. The maximum absolute atomic E-state index is 5.80. The van der Waals surface area contributed by atoms with E-state index in [9.17, 15) is 0 Å². The molecule has 0 aromatic rings. The van der Waals surface area contributed by atoms with Crippen molar-refractivity contribution in [1.82, 2.24) is 5.32 Å². The summed E-state index contributed by atoms with van der Waals surface area (Å²) in [5, 5.41) is 3.07. The lowest BCUT2D eigenvalue weighted by Crippen LogP contribution is -2.37. The van der Waals surface area contributed by atoms with Crippen LogP contribution in [0.25, 0.3) is 0 Å². The van der Waals surface area contributed by atoms with Crippen molar-refractivity contribution in [3.63, 3.8) is 0 Å². The third kappa shape index (κ3) is 3.87. The highest BCUT2D eigenvalue weighted by atomic mass is 15.1. The van der Waals surface area contributed by atoms with Crippen molar-refractivity contribution < 1.29 is 0 Å². The molecular formula is C13H25N3. The van der Waals surface area contributed by atoms with Gasteiger partial charge in [0.25, 0.3) is 0 Å². The molecule has 1 aliphatic rings. The fourth-order valence-electron chi connectivity index (χ4n) is 2.24. The van der Waals surface area contributed by atoms with Crippen LogP contribution in [0.5, 0.6) is 0 Å². The van der Waals surface area contributed by atoms with Gasteiger partial charge in [-0.2, -0.15) is 0 Å². The second kappa shape index (κ2) is 5.92. The lowest BCUT2D eigenvalue weighted by Gasteiger charge is -2.40. The van der Waals surface area contributed by atoms with Gasteiger partial charge in [0, 0.05) is 13.1 Å². The molecule has 0 spiro atoms. The van der Waals surface area contributed by atoms with Crippen molar-refractivity contribution in [2.45, 2.75) is 46.0 Å². The third-order valence-corrected chi connectivity index (χ3v) is 3.35. The molecule has 1 fully saturated rings. The molecule has 0 saturated heterocycles. The Kier molecular flexibility index (Phi) is 4.84. The molecule has 1 rings (SSSR count). The number of hydrogen-bond acceptors (Lipinski definition) is 1. The van der Waals surface area contributed by atoms with E-state index in [-0.39, 0.29) is 0 Å². The molecule has 0 aliphatic heterocycles. The standard InChI is InChI=1S/C13H25N3/c1-4-6-13(7-5-8-13)10-16-12(14)15-9-11(2)3/h2,4-10H2,1,3H3,(H3,14,15,16). The van der Waals surface area contributed by atoms with Crippen molar-refractivity contribution in [3.05, 3.63) is 12.2 Å². The first-order chi connectivity index (χ1) is 7.58. The van der Waals surface area contributed by atoms with Crippen LogP contribution >= 0.6 is 0 Å². The summed E-state index contributed by atoms with van der Waals surface area (Å²) < 4.78 is 0. The second-order valence-electron chi connectivity index (χ2n) is 5.12. The van der Waals surface area contributed by atoms with Gasteiger partial charge in [-0.1, -0.05) is 31.9 Å². The van der Waals surface area contributed by atoms with E-state index >= 15 is 0 Å². The number of guanidine groups is 1. The first kappa shape index (κ1) is 13.1. The molecule has 0 atom stereocenters. The fourth-order valence-corrected chi connectivity index (χ4v) is 2.24. The van der Waals surface area contributed by atoms with Gasteiger partial charge < -0.3 is 11.1 Å². The van der Waals surface area contributed by atoms with Crippen molar-refractivity contribution in [3.8, 4) is 0 Å². The van der Waals surface area contributed by atoms with E-state index in [1.807, 2.05) is 6.92 Å². The molecule has 0 amide bonds. The Hall–Kier alpha value is -0.990. The molecular weight excluding hydrogens is 198 g/mol. The minimum Gasteiger partial charge on any atom is -0.370 e. The summed E-state index contributed by atoms with van der Waals surface area (Å²) in [5.74, 6) is 0.561. The molecule has 16 heavy (non-hydrogen) atoms. The zero-order valence-electron chi connectivity index (χ0n) is 10.7. The average Bonchev–Trinajstić information content (AvgIpc) is 2.18. The quantitative estimate of drug-likeness (QED) is 0.413. The van der Waals surface area contributed by atoms with Crippen LogP contribution in [0.1, 0.15) is 46.0 Å². The maximum Gasteiger partial charge on any atom is 0.188 e. The van der Waals surface area contributed by atoms with Crippen molar-refractivity contribution >= 4 is 5.96 Å². The van der Waals surface area contributed by atoms with Crippen LogP contribution in [0.4, 0.5) is 0 Å². The summed E-state index contributed by atoms with van der Waals surface area (Å²) in [5.41, 5.74) is 7.34. The lowest BCUT2D eigenvalue weighted by atomic mass is 9.66. The topological polar surface area (TPSA) is 50.4 Å². The molecule has 1 saturated carbocycles. The molecule has 0 unspecified atom stereocenters. The largest absolute Gasteiger partial charge is 0.370 e. The average molecular weight is 223 g/mol. The van der Waals surface area contributed by atoms with Gasteiger partial charge in [-0.25, -0.2) is 0 Å². The van der Waals surface area contributed by atoms with Gasteiger partial charge in [-0.3, -0.25) is 4.99 Å². The smallest absolute Gasteiger partial charge is 0.188 e. The van der Waals surface area contributed by atoms with Crippen molar-refractivity contribution in [1.29, 1.82) is 0 Å². The first-order valence-corrected chi connectivity index (χ1v) is 6.26. The third-order valence-electron chi connectivity index (χ3n) is 3.35. The second-order valence-corrected chi connectivity index (χ2v) is 5.12. The van der Waals surface area contributed by atoms with Crippen molar-refractivity contribution in [2.75, 3.05) is 13.1 Å². The van der Waals surface area contributed by atoms with E-state index in [2.05, 4.69) is 23.8 Å². The van der Waals surface area contributed by atoms with Crippen LogP contribution in [-0.4, -0.2) is 19.0 Å². The summed E-state index contributed by atoms with van der Waals surface area (Å²) >= 11 is 0. The summed E-state index contributed by atoms with van der Waals surface area (Å²) in [4.78, 5) is 4.45. The molecule has 0 heterocycles. The first-order valence-electron chi connectivity index (χ1n) is 6.26. The van der Waals surface area contributed by atoms with Gasteiger partial charge in [-0.05, 0) is 31.6 Å². The molecule has 3 N–H and O–H groups in total. The molecule has 1 aliphatic carbocycles. The Bertz CT molecular complexity index is 264. The van der Waals surface area contributed by atoms with Crippen LogP contribution in [0, 0.1) is 5.41 Å². The molecule has 0 bridgehead atoms. The minimum atomic E-state index is 0.463.